The molecule has 2 aromatic rings. The van der Waals surface area contributed by atoms with Crippen LogP contribution in [-0.2, 0) is 24.2 Å². The number of aromatic nitrogens is 4. The lowest BCUT2D eigenvalue weighted by Crippen LogP contribution is -2.28. The zero-order valence-electron chi connectivity index (χ0n) is 14.9. The number of amides is 1. The van der Waals surface area contributed by atoms with Crippen LogP contribution in [0.4, 0.5) is 0 Å². The molecule has 1 aliphatic rings. The maximum absolute atomic E-state index is 12.6. The number of carbonyl (C=O) groups is 1. The summed E-state index contributed by atoms with van der Waals surface area (Å²) in [4.78, 5) is 18.6. The number of H-pyrrole nitrogens is 1. The number of aryl methyl sites for hydroxylation is 2. The first-order valence-electron chi connectivity index (χ1n) is 8.84. The van der Waals surface area contributed by atoms with E-state index in [-0.39, 0.29) is 11.9 Å². The number of nitrogens with one attached hydrogen (secondary N) is 1. The monoisotopic (exact) mass is 329 g/mol. The lowest BCUT2D eigenvalue weighted by atomic mass is 10.1. The van der Waals surface area contributed by atoms with Crippen LogP contribution < -0.4 is 0 Å². The topological polar surface area (TPSA) is 66.8 Å². The molecule has 6 nitrogen and oxygen atoms in total. The molecule has 0 bridgehead atoms. The van der Waals surface area contributed by atoms with Gasteiger partial charge < -0.3 is 9.47 Å². The van der Waals surface area contributed by atoms with Gasteiger partial charge in [-0.2, -0.15) is 5.10 Å². The summed E-state index contributed by atoms with van der Waals surface area (Å²) in [5.74, 6) is 1.08. The molecule has 1 unspecified atom stereocenters. The first-order valence-corrected chi connectivity index (χ1v) is 8.84. The van der Waals surface area contributed by atoms with Gasteiger partial charge in [-0.05, 0) is 45.1 Å². The van der Waals surface area contributed by atoms with Gasteiger partial charge in [0.1, 0.15) is 5.82 Å². The fourth-order valence-corrected chi connectivity index (χ4v) is 3.53. The smallest absolute Gasteiger partial charge is 0.224 e. The molecular formula is C18H27N5O. The number of fused-ring (bicyclic) bond motifs is 1. The Bertz CT molecular complexity index is 702. The van der Waals surface area contributed by atoms with Gasteiger partial charge >= 0.3 is 0 Å². The molecule has 0 saturated heterocycles. The van der Waals surface area contributed by atoms with Gasteiger partial charge in [0.25, 0.3) is 0 Å². The minimum Gasteiger partial charge on any atom is -0.340 e. The minimum atomic E-state index is 0.110. The molecular weight excluding hydrogens is 302 g/mol. The molecule has 0 spiro atoms. The zero-order valence-corrected chi connectivity index (χ0v) is 14.9. The molecule has 24 heavy (non-hydrogen) atoms. The summed E-state index contributed by atoms with van der Waals surface area (Å²) in [6.45, 7) is 4.60. The van der Waals surface area contributed by atoms with Gasteiger partial charge in [0.05, 0.1) is 12.2 Å². The van der Waals surface area contributed by atoms with Crippen molar-refractivity contribution in [1.29, 1.82) is 0 Å². The molecule has 0 aliphatic heterocycles. The maximum Gasteiger partial charge on any atom is 0.224 e. The van der Waals surface area contributed by atoms with E-state index in [2.05, 4.69) is 22.1 Å². The molecule has 3 rings (SSSR count). The average Bonchev–Trinajstić information content (AvgIpc) is 3.06. The molecule has 130 valence electrons. The molecule has 0 fully saturated rings. The number of imidazole rings is 1. The van der Waals surface area contributed by atoms with Crippen LogP contribution >= 0.6 is 0 Å². The predicted molar refractivity (Wildman–Crippen MR) is 92.6 cm³/mol. The normalized spacial score (nSPS) is 15.6. The quantitative estimate of drug-likeness (QED) is 0.858. The van der Waals surface area contributed by atoms with E-state index in [0.29, 0.717) is 13.0 Å². The molecule has 2 heterocycles. The highest BCUT2D eigenvalue weighted by atomic mass is 16.2. The minimum absolute atomic E-state index is 0.110. The third-order valence-electron chi connectivity index (χ3n) is 5.01. The van der Waals surface area contributed by atoms with Crippen molar-refractivity contribution in [2.45, 2.75) is 65.0 Å². The van der Waals surface area contributed by atoms with Crippen LogP contribution in [0.25, 0.3) is 0 Å². The summed E-state index contributed by atoms with van der Waals surface area (Å²) in [7, 11) is 1.87. The third kappa shape index (κ3) is 3.52. The molecule has 0 radical (unpaired) electrons. The Morgan fingerprint density at radius 3 is 2.92 bits per heavy atom. The SMILES string of the molecule is Cc1nccn1C(C)CC(=O)N(C)Cc1n[nH]c2c1CCCCC2. The summed E-state index contributed by atoms with van der Waals surface area (Å²) in [5, 5.41) is 7.65. The fraction of sp³-hybridized carbons (Fsp3) is 0.611. The molecule has 0 saturated carbocycles. The number of rotatable bonds is 5. The van der Waals surface area contributed by atoms with E-state index in [0.717, 1.165) is 24.4 Å². The largest absolute Gasteiger partial charge is 0.340 e. The van der Waals surface area contributed by atoms with E-state index in [1.54, 1.807) is 11.1 Å². The van der Waals surface area contributed by atoms with Crippen LogP contribution in [0.1, 0.15) is 61.4 Å². The number of carbonyl (C=O) groups excluding carboxylic acids is 1. The molecule has 1 amide bonds. The Morgan fingerprint density at radius 1 is 1.38 bits per heavy atom. The summed E-state index contributed by atoms with van der Waals surface area (Å²) >= 11 is 0. The Labute approximate surface area is 143 Å². The first kappa shape index (κ1) is 16.7. The lowest BCUT2D eigenvalue weighted by Gasteiger charge is -2.20. The van der Waals surface area contributed by atoms with Crippen LogP contribution in [0.3, 0.4) is 0 Å². The van der Waals surface area contributed by atoms with Crippen molar-refractivity contribution in [2.75, 3.05) is 7.05 Å². The Balaban J connectivity index is 1.62. The van der Waals surface area contributed by atoms with E-state index in [1.165, 1.54) is 30.5 Å². The summed E-state index contributed by atoms with van der Waals surface area (Å²) in [5.41, 5.74) is 3.64. The predicted octanol–water partition coefficient (Wildman–Crippen LogP) is 2.79. The summed E-state index contributed by atoms with van der Waals surface area (Å²) in [6.07, 6.45) is 10.1. The molecule has 0 aromatic carbocycles. The second-order valence-corrected chi connectivity index (χ2v) is 6.87. The second-order valence-electron chi connectivity index (χ2n) is 6.87. The van der Waals surface area contributed by atoms with E-state index >= 15 is 0 Å². The average molecular weight is 329 g/mol. The molecule has 6 heteroatoms. The van der Waals surface area contributed by atoms with Gasteiger partial charge in [-0.3, -0.25) is 9.89 Å². The highest BCUT2D eigenvalue weighted by Gasteiger charge is 2.20. The van der Waals surface area contributed by atoms with Gasteiger partial charge in [0.2, 0.25) is 5.91 Å². The van der Waals surface area contributed by atoms with Crippen molar-refractivity contribution in [3.63, 3.8) is 0 Å². The number of nitrogens with zero attached hydrogens (tertiary/aromatic N) is 4. The van der Waals surface area contributed by atoms with Gasteiger partial charge in [-0.1, -0.05) is 6.42 Å². The van der Waals surface area contributed by atoms with Crippen LogP contribution in [0.15, 0.2) is 12.4 Å². The summed E-state index contributed by atoms with van der Waals surface area (Å²) < 4.78 is 2.05. The van der Waals surface area contributed by atoms with Crippen molar-refractivity contribution >= 4 is 5.91 Å². The molecule has 1 N–H and O–H groups in total. The van der Waals surface area contributed by atoms with Crippen LogP contribution in [-0.4, -0.2) is 37.6 Å². The summed E-state index contributed by atoms with van der Waals surface area (Å²) in [6, 6.07) is 0.110. The molecule has 1 aliphatic carbocycles. The highest BCUT2D eigenvalue weighted by molar-refractivity contribution is 5.76. The van der Waals surface area contributed by atoms with Crippen molar-refractivity contribution in [1.82, 2.24) is 24.6 Å². The van der Waals surface area contributed by atoms with Crippen LogP contribution in [0.5, 0.6) is 0 Å². The molecule has 2 aromatic heterocycles. The van der Waals surface area contributed by atoms with E-state index in [1.807, 2.05) is 24.7 Å². The van der Waals surface area contributed by atoms with Gasteiger partial charge in [0, 0.05) is 37.6 Å². The molecule has 1 atom stereocenters. The van der Waals surface area contributed by atoms with Crippen molar-refractivity contribution in [2.24, 2.45) is 0 Å². The Kier molecular flexibility index (Phi) is 5.02. The van der Waals surface area contributed by atoms with Gasteiger partial charge in [0.15, 0.2) is 0 Å². The number of hydrogen-bond acceptors (Lipinski definition) is 3. The number of hydrogen-bond donors (Lipinski definition) is 1. The van der Waals surface area contributed by atoms with Gasteiger partial charge in [-0.15, -0.1) is 0 Å². The lowest BCUT2D eigenvalue weighted by molar-refractivity contribution is -0.131. The highest BCUT2D eigenvalue weighted by Crippen LogP contribution is 2.23. The maximum atomic E-state index is 12.6. The zero-order chi connectivity index (χ0) is 17.1. The first-order chi connectivity index (χ1) is 11.6. The fourth-order valence-electron chi connectivity index (χ4n) is 3.53. The van der Waals surface area contributed by atoms with Crippen LogP contribution in [0.2, 0.25) is 0 Å². The third-order valence-corrected chi connectivity index (χ3v) is 5.01. The standard InChI is InChI=1S/C18H27N5O/c1-13(23-10-9-19-14(23)2)11-18(24)22(3)12-17-15-7-5-4-6-8-16(15)20-21-17/h9-10,13H,4-8,11-12H2,1-3H3,(H,20,21). The van der Waals surface area contributed by atoms with Crippen molar-refractivity contribution in [3.05, 3.63) is 35.2 Å². The second kappa shape index (κ2) is 7.20. The van der Waals surface area contributed by atoms with Crippen molar-refractivity contribution in [3.8, 4) is 0 Å². The van der Waals surface area contributed by atoms with E-state index in [9.17, 15) is 4.79 Å². The van der Waals surface area contributed by atoms with E-state index in [4.69, 9.17) is 0 Å². The Morgan fingerprint density at radius 2 is 2.17 bits per heavy atom. The Hall–Kier alpha value is -2.11. The van der Waals surface area contributed by atoms with Gasteiger partial charge in [-0.25, -0.2) is 4.98 Å². The number of aromatic amines is 1. The van der Waals surface area contributed by atoms with Crippen molar-refractivity contribution < 1.29 is 4.79 Å². The van der Waals surface area contributed by atoms with E-state index < -0.39 is 0 Å². The van der Waals surface area contributed by atoms with Crippen LogP contribution in [0, 0.1) is 6.92 Å².